The van der Waals surface area contributed by atoms with Crippen LogP contribution in [0.1, 0.15) is 21.6 Å². The van der Waals surface area contributed by atoms with Crippen molar-refractivity contribution in [2.75, 3.05) is 0 Å². The van der Waals surface area contributed by atoms with E-state index in [-0.39, 0.29) is 5.91 Å². The standard InChI is InChI=1S/C16H17N5O/c1-20-7-3-6-15(20)16(22)18-9-13-4-2-5-14(8-13)10-21-12-17-11-19-21/h2-8,11-12H,9-10H2,1H3,(H,18,22). The van der Waals surface area contributed by atoms with E-state index in [1.165, 1.54) is 6.33 Å². The summed E-state index contributed by atoms with van der Waals surface area (Å²) < 4.78 is 3.57. The molecule has 112 valence electrons. The molecular formula is C16H17N5O. The molecule has 2 heterocycles. The third-order valence-corrected chi connectivity index (χ3v) is 3.43. The second kappa shape index (κ2) is 6.26. The van der Waals surface area contributed by atoms with E-state index in [0.29, 0.717) is 18.8 Å². The molecule has 6 nitrogen and oxygen atoms in total. The monoisotopic (exact) mass is 295 g/mol. The Bertz CT molecular complexity index is 760. The van der Waals surface area contributed by atoms with Crippen molar-refractivity contribution in [1.82, 2.24) is 24.6 Å². The Labute approximate surface area is 128 Å². The maximum atomic E-state index is 12.1. The van der Waals surface area contributed by atoms with Crippen molar-refractivity contribution in [3.63, 3.8) is 0 Å². The molecule has 0 atom stereocenters. The van der Waals surface area contributed by atoms with Gasteiger partial charge in [0.15, 0.2) is 0 Å². The molecular weight excluding hydrogens is 278 g/mol. The minimum atomic E-state index is -0.0748. The molecule has 0 saturated carbocycles. The van der Waals surface area contributed by atoms with Crippen molar-refractivity contribution in [1.29, 1.82) is 0 Å². The number of hydrogen-bond acceptors (Lipinski definition) is 3. The topological polar surface area (TPSA) is 64.7 Å². The van der Waals surface area contributed by atoms with Crippen LogP contribution in [0.4, 0.5) is 0 Å². The second-order valence-electron chi connectivity index (χ2n) is 5.10. The van der Waals surface area contributed by atoms with Crippen molar-refractivity contribution in [2.45, 2.75) is 13.1 Å². The molecule has 0 aliphatic carbocycles. The summed E-state index contributed by atoms with van der Waals surface area (Å²) in [6, 6.07) is 11.7. The highest BCUT2D eigenvalue weighted by molar-refractivity contribution is 5.92. The van der Waals surface area contributed by atoms with Gasteiger partial charge in [0.25, 0.3) is 5.91 Å². The highest BCUT2D eigenvalue weighted by Gasteiger charge is 2.08. The summed E-state index contributed by atoms with van der Waals surface area (Å²) in [6.45, 7) is 1.16. The maximum absolute atomic E-state index is 12.1. The average Bonchev–Trinajstić information content (AvgIpc) is 3.17. The minimum Gasteiger partial charge on any atom is -0.347 e. The van der Waals surface area contributed by atoms with Crippen LogP contribution in [-0.4, -0.2) is 25.2 Å². The lowest BCUT2D eigenvalue weighted by molar-refractivity contribution is 0.0943. The lowest BCUT2D eigenvalue weighted by atomic mass is 10.1. The smallest absolute Gasteiger partial charge is 0.268 e. The van der Waals surface area contributed by atoms with Crippen LogP contribution in [0.2, 0.25) is 0 Å². The van der Waals surface area contributed by atoms with E-state index in [1.54, 1.807) is 21.6 Å². The molecule has 0 unspecified atom stereocenters. The van der Waals surface area contributed by atoms with Gasteiger partial charge in [0, 0.05) is 19.8 Å². The Kier molecular flexibility index (Phi) is 4.00. The maximum Gasteiger partial charge on any atom is 0.268 e. The average molecular weight is 295 g/mol. The molecule has 0 radical (unpaired) electrons. The SMILES string of the molecule is Cn1cccc1C(=O)NCc1cccc(Cn2cncn2)c1. The molecule has 3 rings (SSSR count). The highest BCUT2D eigenvalue weighted by atomic mass is 16.1. The van der Waals surface area contributed by atoms with E-state index in [0.717, 1.165) is 11.1 Å². The summed E-state index contributed by atoms with van der Waals surface area (Å²) in [5, 5.41) is 7.03. The van der Waals surface area contributed by atoms with Gasteiger partial charge in [-0.2, -0.15) is 5.10 Å². The van der Waals surface area contributed by atoms with Gasteiger partial charge in [-0.05, 0) is 23.3 Å². The third-order valence-electron chi connectivity index (χ3n) is 3.43. The zero-order valence-electron chi connectivity index (χ0n) is 12.3. The number of aryl methyl sites for hydroxylation is 1. The number of benzene rings is 1. The fourth-order valence-corrected chi connectivity index (χ4v) is 2.31. The first kappa shape index (κ1) is 14.1. The molecule has 0 fully saturated rings. The van der Waals surface area contributed by atoms with Crippen LogP contribution < -0.4 is 5.32 Å². The summed E-state index contributed by atoms with van der Waals surface area (Å²) in [5.74, 6) is -0.0748. The molecule has 22 heavy (non-hydrogen) atoms. The molecule has 0 bridgehead atoms. The largest absolute Gasteiger partial charge is 0.347 e. The number of nitrogens with one attached hydrogen (secondary N) is 1. The minimum absolute atomic E-state index is 0.0748. The van der Waals surface area contributed by atoms with E-state index in [9.17, 15) is 4.79 Å². The van der Waals surface area contributed by atoms with Crippen LogP contribution in [0.3, 0.4) is 0 Å². The quantitative estimate of drug-likeness (QED) is 0.777. The predicted molar refractivity (Wildman–Crippen MR) is 82.1 cm³/mol. The molecule has 6 heteroatoms. The van der Waals surface area contributed by atoms with E-state index >= 15 is 0 Å². The normalized spacial score (nSPS) is 10.6. The number of nitrogens with zero attached hydrogens (tertiary/aromatic N) is 4. The summed E-state index contributed by atoms with van der Waals surface area (Å²) in [6.07, 6.45) is 5.06. The molecule has 3 aromatic rings. The Morgan fingerprint density at radius 3 is 2.82 bits per heavy atom. The second-order valence-corrected chi connectivity index (χ2v) is 5.10. The van der Waals surface area contributed by atoms with Gasteiger partial charge in [0.1, 0.15) is 18.3 Å². The highest BCUT2D eigenvalue weighted by Crippen LogP contribution is 2.07. The molecule has 0 saturated heterocycles. The van der Waals surface area contributed by atoms with E-state index in [1.807, 2.05) is 37.5 Å². The van der Waals surface area contributed by atoms with Gasteiger partial charge in [-0.15, -0.1) is 0 Å². The predicted octanol–water partition coefficient (Wildman–Crippen LogP) is 1.59. The van der Waals surface area contributed by atoms with Crippen LogP contribution in [0, 0.1) is 0 Å². The first-order valence-corrected chi connectivity index (χ1v) is 7.02. The van der Waals surface area contributed by atoms with Crippen molar-refractivity contribution >= 4 is 5.91 Å². The Hall–Kier alpha value is -2.89. The summed E-state index contributed by atoms with van der Waals surface area (Å²) in [5.41, 5.74) is 2.83. The number of amides is 1. The summed E-state index contributed by atoms with van der Waals surface area (Å²) >= 11 is 0. The molecule has 0 aliphatic rings. The van der Waals surface area contributed by atoms with Gasteiger partial charge >= 0.3 is 0 Å². The van der Waals surface area contributed by atoms with Crippen LogP contribution in [0.5, 0.6) is 0 Å². The molecule has 0 aliphatic heterocycles. The zero-order valence-corrected chi connectivity index (χ0v) is 12.3. The van der Waals surface area contributed by atoms with E-state index in [2.05, 4.69) is 21.5 Å². The lowest BCUT2D eigenvalue weighted by Gasteiger charge is -2.08. The van der Waals surface area contributed by atoms with Gasteiger partial charge in [0.05, 0.1) is 6.54 Å². The molecule has 2 aromatic heterocycles. The van der Waals surface area contributed by atoms with Crippen LogP contribution in [0.15, 0.2) is 55.2 Å². The number of aromatic nitrogens is 4. The van der Waals surface area contributed by atoms with Crippen molar-refractivity contribution < 1.29 is 4.79 Å². The fourth-order valence-electron chi connectivity index (χ4n) is 2.31. The molecule has 0 spiro atoms. The van der Waals surface area contributed by atoms with Gasteiger partial charge in [-0.25, -0.2) is 9.67 Å². The van der Waals surface area contributed by atoms with Gasteiger partial charge in [-0.1, -0.05) is 24.3 Å². The Morgan fingerprint density at radius 1 is 1.23 bits per heavy atom. The van der Waals surface area contributed by atoms with Crippen molar-refractivity contribution in [2.24, 2.45) is 7.05 Å². The van der Waals surface area contributed by atoms with Gasteiger partial charge in [0.2, 0.25) is 0 Å². The lowest BCUT2D eigenvalue weighted by Crippen LogP contribution is -2.24. The Morgan fingerprint density at radius 2 is 2.09 bits per heavy atom. The third kappa shape index (κ3) is 3.22. The number of carbonyl (C=O) groups excluding carboxylic acids is 1. The van der Waals surface area contributed by atoms with Crippen molar-refractivity contribution in [3.8, 4) is 0 Å². The van der Waals surface area contributed by atoms with Crippen molar-refractivity contribution in [3.05, 3.63) is 72.1 Å². The zero-order chi connectivity index (χ0) is 15.4. The van der Waals surface area contributed by atoms with Crippen LogP contribution in [-0.2, 0) is 20.1 Å². The first-order valence-electron chi connectivity index (χ1n) is 7.02. The summed E-state index contributed by atoms with van der Waals surface area (Å²) in [7, 11) is 1.85. The number of hydrogen-bond donors (Lipinski definition) is 1. The number of rotatable bonds is 5. The first-order chi connectivity index (χ1) is 10.7. The fraction of sp³-hybridized carbons (Fsp3) is 0.188. The van der Waals surface area contributed by atoms with E-state index in [4.69, 9.17) is 0 Å². The van der Waals surface area contributed by atoms with E-state index < -0.39 is 0 Å². The molecule has 1 aromatic carbocycles. The van der Waals surface area contributed by atoms with Crippen LogP contribution >= 0.6 is 0 Å². The Balaban J connectivity index is 1.63. The van der Waals surface area contributed by atoms with Crippen LogP contribution in [0.25, 0.3) is 0 Å². The summed E-state index contributed by atoms with van der Waals surface area (Å²) in [4.78, 5) is 16.0. The van der Waals surface area contributed by atoms with Gasteiger partial charge < -0.3 is 9.88 Å². The molecule has 1 amide bonds. The van der Waals surface area contributed by atoms with Gasteiger partial charge in [-0.3, -0.25) is 4.79 Å². The number of carbonyl (C=O) groups is 1. The molecule has 1 N–H and O–H groups in total.